The fourth-order valence-corrected chi connectivity index (χ4v) is 3.24. The molecule has 1 atom stereocenters. The zero-order valence-corrected chi connectivity index (χ0v) is 13.6. The summed E-state index contributed by atoms with van der Waals surface area (Å²) in [5.41, 5.74) is 0. The Labute approximate surface area is 133 Å². The number of hydrogen-bond acceptors (Lipinski definition) is 7. The molecule has 7 nitrogen and oxygen atoms in total. The van der Waals surface area contributed by atoms with Gasteiger partial charge in [-0.1, -0.05) is 18.2 Å². The predicted octanol–water partition coefficient (Wildman–Crippen LogP) is 0.0807. The lowest BCUT2D eigenvalue weighted by Crippen LogP contribution is -2.49. The van der Waals surface area contributed by atoms with Gasteiger partial charge in [-0.25, -0.2) is 14.3 Å². The van der Waals surface area contributed by atoms with Gasteiger partial charge >= 0.3 is 0 Å². The smallest absolute Gasteiger partial charge is 0.258 e. The van der Waals surface area contributed by atoms with Crippen LogP contribution >= 0.6 is 11.3 Å². The van der Waals surface area contributed by atoms with E-state index in [0.717, 1.165) is 6.26 Å². The number of thiophene rings is 1. The van der Waals surface area contributed by atoms with E-state index in [1.807, 2.05) is 5.38 Å². The van der Waals surface area contributed by atoms with Gasteiger partial charge in [0.05, 0.1) is 23.6 Å². The van der Waals surface area contributed by atoms with Gasteiger partial charge < -0.3 is 0 Å². The Hall–Kier alpha value is -1.55. The molecule has 0 fully saturated rings. The van der Waals surface area contributed by atoms with Crippen LogP contribution in [0, 0.1) is 5.92 Å². The van der Waals surface area contributed by atoms with Crippen LogP contribution < -0.4 is 5.84 Å². The van der Waals surface area contributed by atoms with Crippen LogP contribution in [0.3, 0.4) is 0 Å². The SMILES string of the molecule is CS(=O)(=O)N(N)C(=O)C1C=CCN(CC(=O)c2cccs2)C1. The lowest BCUT2D eigenvalue weighted by molar-refractivity contribution is -0.130. The topological polar surface area (TPSA) is 101 Å². The van der Waals surface area contributed by atoms with E-state index < -0.39 is 21.8 Å². The summed E-state index contributed by atoms with van der Waals surface area (Å²) in [7, 11) is -3.78. The predicted molar refractivity (Wildman–Crippen MR) is 83.6 cm³/mol. The normalized spacial score (nSPS) is 19.1. The van der Waals surface area contributed by atoms with E-state index in [1.54, 1.807) is 29.2 Å². The Morgan fingerprint density at radius 1 is 1.50 bits per heavy atom. The quantitative estimate of drug-likeness (QED) is 0.267. The highest BCUT2D eigenvalue weighted by Gasteiger charge is 2.30. The summed E-state index contributed by atoms with van der Waals surface area (Å²) in [5.74, 6) is 3.93. The molecule has 1 aliphatic heterocycles. The third-order valence-electron chi connectivity index (χ3n) is 3.24. The Morgan fingerprint density at radius 2 is 2.23 bits per heavy atom. The number of hydrazine groups is 1. The summed E-state index contributed by atoms with van der Waals surface area (Å²) in [6.07, 6.45) is 4.24. The van der Waals surface area contributed by atoms with Crippen LogP contribution in [0.15, 0.2) is 29.7 Å². The number of ketones is 1. The van der Waals surface area contributed by atoms with Crippen molar-refractivity contribution in [3.63, 3.8) is 0 Å². The summed E-state index contributed by atoms with van der Waals surface area (Å²) < 4.78 is 22.9. The first kappa shape index (κ1) is 16.8. The Morgan fingerprint density at radius 3 is 2.82 bits per heavy atom. The number of carbonyl (C=O) groups excluding carboxylic acids is 2. The molecule has 9 heteroatoms. The monoisotopic (exact) mass is 343 g/mol. The van der Waals surface area contributed by atoms with Crippen LogP contribution in [-0.4, -0.2) is 55.3 Å². The molecule has 1 unspecified atom stereocenters. The second kappa shape index (κ2) is 6.69. The van der Waals surface area contributed by atoms with Crippen molar-refractivity contribution in [1.82, 2.24) is 9.31 Å². The minimum atomic E-state index is -3.78. The number of nitrogens with two attached hydrogens (primary N) is 1. The highest BCUT2D eigenvalue weighted by molar-refractivity contribution is 7.88. The van der Waals surface area contributed by atoms with Crippen LogP contribution in [0.5, 0.6) is 0 Å². The van der Waals surface area contributed by atoms with Gasteiger partial charge in [-0.3, -0.25) is 14.5 Å². The Kier molecular flexibility index (Phi) is 5.12. The standard InChI is InChI=1S/C13H17N3O4S2/c1-22(19,20)16(14)13(18)10-4-2-6-15(8-10)9-11(17)12-5-3-7-21-12/h2-5,7,10H,6,8-9,14H2,1H3. The summed E-state index contributed by atoms with van der Waals surface area (Å²) >= 11 is 1.37. The average Bonchev–Trinajstić information content (AvgIpc) is 2.99. The second-order valence-electron chi connectivity index (χ2n) is 5.03. The number of nitrogens with zero attached hydrogens (tertiary/aromatic N) is 2. The van der Waals surface area contributed by atoms with Crippen molar-refractivity contribution in [3.05, 3.63) is 34.5 Å². The molecule has 22 heavy (non-hydrogen) atoms. The molecule has 1 aromatic rings. The average molecular weight is 343 g/mol. The molecule has 1 aliphatic rings. The van der Waals surface area contributed by atoms with Crippen molar-refractivity contribution >= 4 is 33.1 Å². The van der Waals surface area contributed by atoms with Gasteiger partial charge in [0, 0.05) is 13.1 Å². The van der Waals surface area contributed by atoms with Crippen molar-refractivity contribution in [3.8, 4) is 0 Å². The lowest BCUT2D eigenvalue weighted by atomic mass is 10.0. The number of sulfonamides is 1. The van der Waals surface area contributed by atoms with Gasteiger partial charge in [0.25, 0.3) is 5.91 Å². The highest BCUT2D eigenvalue weighted by atomic mass is 32.2. The molecule has 2 rings (SSSR count). The first-order chi connectivity index (χ1) is 10.3. The van der Waals surface area contributed by atoms with Crippen LogP contribution in [0.4, 0.5) is 0 Å². The maximum atomic E-state index is 12.1. The summed E-state index contributed by atoms with van der Waals surface area (Å²) in [4.78, 5) is 26.6. The molecule has 1 aromatic heterocycles. The summed E-state index contributed by atoms with van der Waals surface area (Å²) in [6.45, 7) is 0.970. The zero-order chi connectivity index (χ0) is 16.3. The molecule has 2 N–H and O–H groups in total. The third-order valence-corrected chi connectivity index (χ3v) is 5.05. The van der Waals surface area contributed by atoms with Gasteiger partial charge in [-0.05, 0) is 11.4 Å². The fraction of sp³-hybridized carbons (Fsp3) is 0.385. The van der Waals surface area contributed by atoms with Crippen molar-refractivity contribution < 1.29 is 18.0 Å². The van der Waals surface area contributed by atoms with E-state index in [1.165, 1.54) is 11.3 Å². The molecule has 1 amide bonds. The maximum absolute atomic E-state index is 12.1. The first-order valence-electron chi connectivity index (χ1n) is 6.53. The number of amides is 1. The molecule has 0 aromatic carbocycles. The molecule has 0 saturated heterocycles. The third kappa shape index (κ3) is 4.01. The van der Waals surface area contributed by atoms with Gasteiger partial charge in [0.1, 0.15) is 0 Å². The molecule has 120 valence electrons. The number of hydrogen-bond donors (Lipinski definition) is 1. The molecular formula is C13H17N3O4S2. The van der Waals surface area contributed by atoms with E-state index in [9.17, 15) is 18.0 Å². The molecule has 0 saturated carbocycles. The van der Waals surface area contributed by atoms with E-state index in [-0.39, 0.29) is 23.3 Å². The first-order valence-corrected chi connectivity index (χ1v) is 9.26. The number of rotatable bonds is 5. The van der Waals surface area contributed by atoms with Gasteiger partial charge in [0.15, 0.2) is 5.78 Å². The lowest BCUT2D eigenvalue weighted by Gasteiger charge is -2.28. The fourth-order valence-electron chi connectivity index (χ4n) is 2.12. The summed E-state index contributed by atoms with van der Waals surface area (Å²) in [6, 6.07) is 3.55. The van der Waals surface area contributed by atoms with E-state index in [4.69, 9.17) is 5.84 Å². The van der Waals surface area contributed by atoms with Crippen molar-refractivity contribution in [2.45, 2.75) is 0 Å². The molecule has 0 spiro atoms. The molecule has 0 radical (unpaired) electrons. The Balaban J connectivity index is 2.00. The zero-order valence-electron chi connectivity index (χ0n) is 12.0. The summed E-state index contributed by atoms with van der Waals surface area (Å²) in [5, 5.41) is 1.83. The minimum absolute atomic E-state index is 0.0239. The van der Waals surface area contributed by atoms with Crippen LogP contribution in [0.25, 0.3) is 0 Å². The molecule has 2 heterocycles. The van der Waals surface area contributed by atoms with Crippen molar-refractivity contribution in [1.29, 1.82) is 0 Å². The van der Waals surface area contributed by atoms with Gasteiger partial charge in [-0.2, -0.15) is 4.41 Å². The Bertz CT molecular complexity index is 682. The van der Waals surface area contributed by atoms with Crippen LogP contribution in [0.2, 0.25) is 0 Å². The van der Waals surface area contributed by atoms with E-state index in [0.29, 0.717) is 11.4 Å². The number of Topliss-reactive ketones (excluding diaryl/α,β-unsaturated/α-hetero) is 1. The molecule has 0 bridgehead atoms. The van der Waals surface area contributed by atoms with Crippen molar-refractivity contribution in [2.75, 3.05) is 25.9 Å². The highest BCUT2D eigenvalue weighted by Crippen LogP contribution is 2.15. The molecule has 0 aliphatic carbocycles. The largest absolute Gasteiger partial charge is 0.292 e. The van der Waals surface area contributed by atoms with Gasteiger partial charge in [-0.15, -0.1) is 11.3 Å². The second-order valence-corrected chi connectivity index (χ2v) is 7.83. The maximum Gasteiger partial charge on any atom is 0.258 e. The van der Waals surface area contributed by atoms with Gasteiger partial charge in [0.2, 0.25) is 10.0 Å². The minimum Gasteiger partial charge on any atom is -0.292 e. The van der Waals surface area contributed by atoms with Crippen LogP contribution in [0.1, 0.15) is 9.67 Å². The van der Waals surface area contributed by atoms with Crippen LogP contribution in [-0.2, 0) is 14.8 Å². The van der Waals surface area contributed by atoms with Crippen molar-refractivity contribution in [2.24, 2.45) is 11.8 Å². The van der Waals surface area contributed by atoms with E-state index >= 15 is 0 Å². The molecular weight excluding hydrogens is 326 g/mol. The number of carbonyl (C=O) groups is 2. The van der Waals surface area contributed by atoms with E-state index in [2.05, 4.69) is 0 Å².